The van der Waals surface area contributed by atoms with Crippen LogP contribution in [0.3, 0.4) is 0 Å². The van der Waals surface area contributed by atoms with Crippen molar-refractivity contribution in [1.29, 1.82) is 0 Å². The summed E-state index contributed by atoms with van der Waals surface area (Å²) >= 11 is 0. The second-order valence-corrected chi connectivity index (χ2v) is 8.48. The second kappa shape index (κ2) is 5.04. The van der Waals surface area contributed by atoms with E-state index in [0.717, 1.165) is 23.7 Å². The lowest BCUT2D eigenvalue weighted by Crippen LogP contribution is -2.31. The first-order valence-electron chi connectivity index (χ1n) is 8.81. The molecule has 0 radical (unpaired) electrons. The van der Waals surface area contributed by atoms with E-state index in [0.29, 0.717) is 5.41 Å². The van der Waals surface area contributed by atoms with Crippen LogP contribution in [0.25, 0.3) is 0 Å². The Morgan fingerprint density at radius 1 is 1.20 bits per heavy atom. The third kappa shape index (κ3) is 2.20. The van der Waals surface area contributed by atoms with Gasteiger partial charge in [0.1, 0.15) is 0 Å². The maximum Gasteiger partial charge on any atom is -0.0130 e. The molecular weight excluding hydrogens is 240 g/mol. The summed E-state index contributed by atoms with van der Waals surface area (Å²) in [4.78, 5) is 0. The van der Waals surface area contributed by atoms with Crippen LogP contribution in [0.2, 0.25) is 0 Å². The zero-order chi connectivity index (χ0) is 14.5. The molecule has 2 fully saturated rings. The van der Waals surface area contributed by atoms with Crippen LogP contribution in [0, 0.1) is 29.1 Å². The molecule has 112 valence electrons. The van der Waals surface area contributed by atoms with E-state index in [1.54, 1.807) is 16.7 Å². The fourth-order valence-corrected chi connectivity index (χ4v) is 5.48. The van der Waals surface area contributed by atoms with E-state index in [1.807, 2.05) is 0 Å². The minimum absolute atomic E-state index is 0.578. The summed E-state index contributed by atoms with van der Waals surface area (Å²) in [5, 5.41) is 0. The SMILES string of the molecule is CC1=C2C[C@@]3(C)CC[C@H](C(C)C)[C@H]3CC[C@H](C)C2=CC1. The molecule has 0 aromatic carbocycles. The Morgan fingerprint density at radius 2 is 1.95 bits per heavy atom. The quantitative estimate of drug-likeness (QED) is 0.537. The third-order valence-electron chi connectivity index (χ3n) is 6.83. The van der Waals surface area contributed by atoms with Crippen molar-refractivity contribution in [2.24, 2.45) is 29.1 Å². The van der Waals surface area contributed by atoms with Crippen molar-refractivity contribution in [3.63, 3.8) is 0 Å². The number of allylic oxidation sites excluding steroid dienone is 4. The molecule has 0 N–H and O–H groups in total. The number of hydrogen-bond donors (Lipinski definition) is 0. The van der Waals surface area contributed by atoms with E-state index < -0.39 is 0 Å². The third-order valence-corrected chi connectivity index (χ3v) is 6.83. The summed E-state index contributed by atoms with van der Waals surface area (Å²) in [6.45, 7) is 12.3. The highest BCUT2D eigenvalue weighted by Gasteiger charge is 2.47. The monoisotopic (exact) mass is 272 g/mol. The van der Waals surface area contributed by atoms with Crippen LogP contribution in [0.4, 0.5) is 0 Å². The molecular formula is C20H32. The molecule has 0 amide bonds. The Hall–Kier alpha value is -0.520. The van der Waals surface area contributed by atoms with Crippen LogP contribution in [0.15, 0.2) is 22.8 Å². The molecule has 3 aliphatic carbocycles. The van der Waals surface area contributed by atoms with Gasteiger partial charge in [0.15, 0.2) is 0 Å². The molecule has 0 heterocycles. The number of fused-ring (bicyclic) bond motifs is 2. The van der Waals surface area contributed by atoms with Crippen molar-refractivity contribution in [2.45, 2.75) is 73.1 Å². The average Bonchev–Trinajstić information content (AvgIpc) is 2.88. The molecule has 0 aromatic heterocycles. The molecule has 0 heteroatoms. The Morgan fingerprint density at radius 3 is 2.65 bits per heavy atom. The number of rotatable bonds is 1. The predicted molar refractivity (Wildman–Crippen MR) is 87.6 cm³/mol. The van der Waals surface area contributed by atoms with Crippen molar-refractivity contribution in [3.05, 3.63) is 22.8 Å². The van der Waals surface area contributed by atoms with E-state index in [4.69, 9.17) is 0 Å². The smallest absolute Gasteiger partial charge is 0.0130 e. The first kappa shape index (κ1) is 14.4. The first-order valence-corrected chi connectivity index (χ1v) is 8.81. The van der Waals surface area contributed by atoms with Gasteiger partial charge in [-0.15, -0.1) is 0 Å². The van der Waals surface area contributed by atoms with Gasteiger partial charge in [-0.25, -0.2) is 0 Å². The lowest BCUT2D eigenvalue weighted by molar-refractivity contribution is 0.141. The van der Waals surface area contributed by atoms with Crippen LogP contribution in [-0.4, -0.2) is 0 Å². The lowest BCUT2D eigenvalue weighted by Gasteiger charge is -2.40. The summed E-state index contributed by atoms with van der Waals surface area (Å²) in [5.41, 5.74) is 5.72. The second-order valence-electron chi connectivity index (χ2n) is 8.48. The standard InChI is InChI=1S/C20H32/c1-13(2)16-10-11-20(5)12-18-15(4)6-8-17(18)14(3)7-9-19(16)20/h8,13-14,16,19H,6-7,9-12H2,1-5H3/t14-,16+,19+,20+/m0/s1. The van der Waals surface area contributed by atoms with E-state index in [2.05, 4.69) is 40.7 Å². The van der Waals surface area contributed by atoms with Crippen molar-refractivity contribution in [2.75, 3.05) is 0 Å². The largest absolute Gasteiger partial charge is 0.0767 e. The van der Waals surface area contributed by atoms with E-state index >= 15 is 0 Å². The fraction of sp³-hybridized carbons (Fsp3) is 0.800. The van der Waals surface area contributed by atoms with Crippen LogP contribution in [0.5, 0.6) is 0 Å². The highest BCUT2D eigenvalue weighted by Crippen LogP contribution is 2.58. The van der Waals surface area contributed by atoms with Crippen molar-refractivity contribution in [1.82, 2.24) is 0 Å². The molecule has 2 saturated carbocycles. The van der Waals surface area contributed by atoms with Crippen molar-refractivity contribution < 1.29 is 0 Å². The lowest BCUT2D eigenvalue weighted by atomic mass is 9.65. The van der Waals surface area contributed by atoms with Gasteiger partial charge in [0.05, 0.1) is 0 Å². The average molecular weight is 272 g/mol. The summed E-state index contributed by atoms with van der Waals surface area (Å²) < 4.78 is 0. The molecule has 0 nitrogen and oxygen atoms in total. The van der Waals surface area contributed by atoms with Crippen molar-refractivity contribution in [3.8, 4) is 0 Å². The maximum absolute atomic E-state index is 2.60. The highest BCUT2D eigenvalue weighted by molar-refractivity contribution is 5.44. The van der Waals surface area contributed by atoms with Crippen LogP contribution >= 0.6 is 0 Å². The Labute approximate surface area is 125 Å². The van der Waals surface area contributed by atoms with E-state index in [-0.39, 0.29) is 0 Å². The van der Waals surface area contributed by atoms with Gasteiger partial charge < -0.3 is 0 Å². The molecule has 0 unspecified atom stereocenters. The molecule has 0 bridgehead atoms. The highest BCUT2D eigenvalue weighted by atomic mass is 14.5. The Bertz CT molecular complexity index is 451. The Kier molecular flexibility index (Phi) is 3.63. The predicted octanol–water partition coefficient (Wildman–Crippen LogP) is 6.14. The molecule has 3 aliphatic rings. The molecule has 0 spiro atoms. The summed E-state index contributed by atoms with van der Waals surface area (Å²) in [6, 6.07) is 0. The minimum Gasteiger partial charge on any atom is -0.0767 e. The maximum atomic E-state index is 2.60. The molecule has 20 heavy (non-hydrogen) atoms. The zero-order valence-corrected chi connectivity index (χ0v) is 14.1. The molecule has 0 aliphatic heterocycles. The van der Waals surface area contributed by atoms with Crippen LogP contribution < -0.4 is 0 Å². The van der Waals surface area contributed by atoms with Gasteiger partial charge in [-0.2, -0.15) is 0 Å². The van der Waals surface area contributed by atoms with Gasteiger partial charge in [-0.05, 0) is 85.7 Å². The van der Waals surface area contributed by atoms with Gasteiger partial charge in [0.2, 0.25) is 0 Å². The van der Waals surface area contributed by atoms with Gasteiger partial charge in [-0.3, -0.25) is 0 Å². The summed E-state index contributed by atoms with van der Waals surface area (Å²) in [7, 11) is 0. The Balaban J connectivity index is 1.94. The van der Waals surface area contributed by atoms with Gasteiger partial charge in [-0.1, -0.05) is 39.3 Å². The van der Waals surface area contributed by atoms with Crippen molar-refractivity contribution >= 4 is 0 Å². The van der Waals surface area contributed by atoms with Gasteiger partial charge >= 0.3 is 0 Å². The van der Waals surface area contributed by atoms with Gasteiger partial charge in [0.25, 0.3) is 0 Å². The summed E-state index contributed by atoms with van der Waals surface area (Å²) in [6.07, 6.45) is 10.9. The van der Waals surface area contributed by atoms with E-state index in [1.165, 1.54) is 38.5 Å². The van der Waals surface area contributed by atoms with Crippen LogP contribution in [0.1, 0.15) is 73.1 Å². The molecule has 4 atom stereocenters. The van der Waals surface area contributed by atoms with Crippen LogP contribution in [-0.2, 0) is 0 Å². The number of hydrogen-bond acceptors (Lipinski definition) is 0. The molecule has 0 aromatic rings. The first-order chi connectivity index (χ1) is 9.42. The molecule has 0 saturated heterocycles. The van der Waals surface area contributed by atoms with Gasteiger partial charge in [0, 0.05) is 0 Å². The fourth-order valence-electron chi connectivity index (χ4n) is 5.48. The minimum atomic E-state index is 0.578. The van der Waals surface area contributed by atoms with E-state index in [9.17, 15) is 0 Å². The zero-order valence-electron chi connectivity index (χ0n) is 14.1. The molecule has 3 rings (SSSR count). The summed E-state index contributed by atoms with van der Waals surface area (Å²) in [5.74, 6) is 3.60. The normalized spacial score (nSPS) is 41.3. The topological polar surface area (TPSA) is 0 Å².